The standard InChI is InChI=1S/C16H30N2O3/c1-5-16(6-2,13(19)20)12-17-14(21)18-10-7-8-15(3,4)9-11-18/h5-12H2,1-4H3,(H,17,21)(H,19,20). The van der Waals surface area contributed by atoms with Crippen molar-refractivity contribution >= 4 is 12.0 Å². The molecule has 1 rings (SSSR count). The number of nitrogens with one attached hydrogen (secondary N) is 1. The molecular weight excluding hydrogens is 268 g/mol. The van der Waals surface area contributed by atoms with Gasteiger partial charge in [-0.1, -0.05) is 27.7 Å². The Labute approximate surface area is 128 Å². The maximum atomic E-state index is 12.3. The first kappa shape index (κ1) is 17.8. The lowest BCUT2D eigenvalue weighted by atomic mass is 9.82. The van der Waals surface area contributed by atoms with Crippen LogP contribution in [-0.4, -0.2) is 41.6 Å². The van der Waals surface area contributed by atoms with Gasteiger partial charge in [0.05, 0.1) is 5.41 Å². The number of hydrogen-bond acceptors (Lipinski definition) is 2. The van der Waals surface area contributed by atoms with Gasteiger partial charge < -0.3 is 15.3 Å². The lowest BCUT2D eigenvalue weighted by Crippen LogP contribution is -2.47. The van der Waals surface area contributed by atoms with Gasteiger partial charge in [0.1, 0.15) is 0 Å². The van der Waals surface area contributed by atoms with Crippen LogP contribution in [0.15, 0.2) is 0 Å². The van der Waals surface area contributed by atoms with Gasteiger partial charge in [0.15, 0.2) is 0 Å². The zero-order chi connectivity index (χ0) is 16.1. The molecule has 2 N–H and O–H groups in total. The second-order valence-corrected chi connectivity index (χ2v) is 6.96. The summed E-state index contributed by atoms with van der Waals surface area (Å²) in [6.07, 6.45) is 4.16. The van der Waals surface area contributed by atoms with E-state index in [-0.39, 0.29) is 18.0 Å². The molecule has 21 heavy (non-hydrogen) atoms. The summed E-state index contributed by atoms with van der Waals surface area (Å²) in [7, 11) is 0. The summed E-state index contributed by atoms with van der Waals surface area (Å²) >= 11 is 0. The zero-order valence-electron chi connectivity index (χ0n) is 13.9. The number of carboxylic acid groups (broad SMARTS) is 1. The molecule has 1 fully saturated rings. The number of hydrogen-bond donors (Lipinski definition) is 2. The first-order chi connectivity index (χ1) is 9.76. The molecule has 0 aromatic carbocycles. The Balaban J connectivity index is 2.59. The number of nitrogens with zero attached hydrogens (tertiary/aromatic N) is 1. The van der Waals surface area contributed by atoms with Gasteiger partial charge in [-0.25, -0.2) is 4.79 Å². The van der Waals surface area contributed by atoms with Crippen molar-refractivity contribution in [3.05, 3.63) is 0 Å². The molecule has 1 aliphatic rings. The molecule has 1 saturated heterocycles. The molecule has 1 heterocycles. The Morgan fingerprint density at radius 1 is 1.19 bits per heavy atom. The van der Waals surface area contributed by atoms with E-state index in [0.717, 1.165) is 32.4 Å². The quantitative estimate of drug-likeness (QED) is 0.819. The van der Waals surface area contributed by atoms with E-state index in [2.05, 4.69) is 19.2 Å². The fraction of sp³-hybridized carbons (Fsp3) is 0.875. The van der Waals surface area contributed by atoms with E-state index in [1.165, 1.54) is 0 Å². The Morgan fingerprint density at radius 2 is 1.81 bits per heavy atom. The predicted molar refractivity (Wildman–Crippen MR) is 83.3 cm³/mol. The number of urea groups is 1. The average molecular weight is 298 g/mol. The van der Waals surface area contributed by atoms with Gasteiger partial charge in [0, 0.05) is 19.6 Å². The number of likely N-dealkylation sites (tertiary alicyclic amines) is 1. The minimum Gasteiger partial charge on any atom is -0.481 e. The highest BCUT2D eigenvalue weighted by Crippen LogP contribution is 2.30. The first-order valence-electron chi connectivity index (χ1n) is 8.02. The Hall–Kier alpha value is -1.26. The maximum absolute atomic E-state index is 12.3. The molecule has 5 nitrogen and oxygen atoms in total. The summed E-state index contributed by atoms with van der Waals surface area (Å²) in [5, 5.41) is 12.2. The number of aliphatic carboxylic acids is 1. The van der Waals surface area contributed by atoms with Crippen molar-refractivity contribution in [1.29, 1.82) is 0 Å². The Kier molecular flexibility index (Phi) is 6.05. The van der Waals surface area contributed by atoms with Crippen LogP contribution >= 0.6 is 0 Å². The molecule has 0 aromatic heterocycles. The van der Waals surface area contributed by atoms with Crippen LogP contribution < -0.4 is 5.32 Å². The topological polar surface area (TPSA) is 69.6 Å². The maximum Gasteiger partial charge on any atom is 0.317 e. The molecule has 0 saturated carbocycles. The van der Waals surface area contributed by atoms with Gasteiger partial charge >= 0.3 is 12.0 Å². The smallest absolute Gasteiger partial charge is 0.317 e. The number of carbonyl (C=O) groups excluding carboxylic acids is 1. The minimum atomic E-state index is -0.846. The molecule has 0 unspecified atom stereocenters. The van der Waals surface area contributed by atoms with Crippen LogP contribution in [0.4, 0.5) is 4.79 Å². The van der Waals surface area contributed by atoms with E-state index in [1.807, 2.05) is 18.7 Å². The third kappa shape index (κ3) is 4.61. The molecule has 2 amide bonds. The first-order valence-corrected chi connectivity index (χ1v) is 8.02. The van der Waals surface area contributed by atoms with Crippen LogP contribution in [0, 0.1) is 10.8 Å². The van der Waals surface area contributed by atoms with Crippen molar-refractivity contribution in [3.8, 4) is 0 Å². The fourth-order valence-corrected chi connectivity index (χ4v) is 2.86. The molecule has 5 heteroatoms. The van der Waals surface area contributed by atoms with Gasteiger partial charge in [-0.05, 0) is 37.5 Å². The third-order valence-electron chi connectivity index (χ3n) is 5.01. The van der Waals surface area contributed by atoms with Crippen LogP contribution in [-0.2, 0) is 4.79 Å². The number of amides is 2. The fourth-order valence-electron chi connectivity index (χ4n) is 2.86. The Bertz CT molecular complexity index is 376. The Morgan fingerprint density at radius 3 is 2.33 bits per heavy atom. The molecule has 0 spiro atoms. The van der Waals surface area contributed by atoms with Gasteiger partial charge in [0.25, 0.3) is 0 Å². The highest BCUT2D eigenvalue weighted by Gasteiger charge is 2.35. The highest BCUT2D eigenvalue weighted by molar-refractivity contribution is 5.78. The molecule has 0 aliphatic carbocycles. The van der Waals surface area contributed by atoms with Crippen molar-refractivity contribution in [2.45, 2.75) is 59.8 Å². The van der Waals surface area contributed by atoms with Crippen molar-refractivity contribution in [3.63, 3.8) is 0 Å². The molecular formula is C16H30N2O3. The van der Waals surface area contributed by atoms with Crippen LogP contribution in [0.3, 0.4) is 0 Å². The van der Waals surface area contributed by atoms with E-state index in [1.54, 1.807) is 0 Å². The summed E-state index contributed by atoms with van der Waals surface area (Å²) in [6, 6.07) is -0.125. The molecule has 0 bridgehead atoms. The molecule has 1 aliphatic heterocycles. The lowest BCUT2D eigenvalue weighted by Gasteiger charge is -2.29. The monoisotopic (exact) mass is 298 g/mol. The van der Waals surface area contributed by atoms with E-state index in [9.17, 15) is 14.7 Å². The summed E-state index contributed by atoms with van der Waals surface area (Å²) in [5.74, 6) is -0.829. The third-order valence-corrected chi connectivity index (χ3v) is 5.01. The average Bonchev–Trinajstić information content (AvgIpc) is 2.61. The summed E-state index contributed by atoms with van der Waals surface area (Å²) in [5.41, 5.74) is -0.562. The largest absolute Gasteiger partial charge is 0.481 e. The summed E-state index contributed by atoms with van der Waals surface area (Å²) in [6.45, 7) is 9.89. The normalized spacial score (nSPS) is 19.0. The van der Waals surface area contributed by atoms with Gasteiger partial charge in [0.2, 0.25) is 0 Å². The van der Waals surface area contributed by atoms with E-state index >= 15 is 0 Å². The van der Waals surface area contributed by atoms with Crippen LogP contribution in [0.5, 0.6) is 0 Å². The lowest BCUT2D eigenvalue weighted by molar-refractivity contribution is -0.149. The predicted octanol–water partition coefficient (Wildman–Crippen LogP) is 3.10. The second kappa shape index (κ2) is 7.14. The van der Waals surface area contributed by atoms with Crippen molar-refractivity contribution in [2.24, 2.45) is 10.8 Å². The number of carbonyl (C=O) groups is 2. The van der Waals surface area contributed by atoms with Crippen LogP contribution in [0.25, 0.3) is 0 Å². The second-order valence-electron chi connectivity index (χ2n) is 6.96. The van der Waals surface area contributed by atoms with Gasteiger partial charge in [-0.2, -0.15) is 0 Å². The molecule has 0 aromatic rings. The van der Waals surface area contributed by atoms with E-state index < -0.39 is 11.4 Å². The summed E-state index contributed by atoms with van der Waals surface area (Å²) < 4.78 is 0. The highest BCUT2D eigenvalue weighted by atomic mass is 16.4. The van der Waals surface area contributed by atoms with Crippen molar-refractivity contribution in [1.82, 2.24) is 10.2 Å². The van der Waals surface area contributed by atoms with Crippen LogP contribution in [0.1, 0.15) is 59.8 Å². The van der Waals surface area contributed by atoms with E-state index in [0.29, 0.717) is 12.8 Å². The minimum absolute atomic E-state index is 0.125. The van der Waals surface area contributed by atoms with E-state index in [4.69, 9.17) is 0 Å². The van der Waals surface area contributed by atoms with Crippen LogP contribution in [0.2, 0.25) is 0 Å². The van der Waals surface area contributed by atoms with Gasteiger partial charge in [-0.3, -0.25) is 4.79 Å². The molecule has 0 radical (unpaired) electrons. The SMILES string of the molecule is CCC(CC)(CNC(=O)N1CCCC(C)(C)CC1)C(=O)O. The number of carboxylic acids is 1. The number of rotatable bonds is 5. The zero-order valence-corrected chi connectivity index (χ0v) is 13.9. The van der Waals surface area contributed by atoms with Crippen molar-refractivity contribution < 1.29 is 14.7 Å². The molecule has 0 atom stereocenters. The summed E-state index contributed by atoms with van der Waals surface area (Å²) in [4.78, 5) is 25.6. The van der Waals surface area contributed by atoms with Crippen molar-refractivity contribution in [2.75, 3.05) is 19.6 Å². The van der Waals surface area contributed by atoms with Gasteiger partial charge in [-0.15, -0.1) is 0 Å². The molecule has 122 valence electrons.